The monoisotopic (exact) mass is 379 g/mol. The number of hydrogen-bond acceptors (Lipinski definition) is 6. The summed E-state index contributed by atoms with van der Waals surface area (Å²) in [5.41, 5.74) is 1.32. The van der Waals surface area contributed by atoms with Gasteiger partial charge in [0.05, 0.1) is 35.4 Å². The molecule has 0 aromatic carbocycles. The van der Waals surface area contributed by atoms with Gasteiger partial charge >= 0.3 is 0 Å². The number of ether oxygens (including phenoxy) is 2. The van der Waals surface area contributed by atoms with Crippen LogP contribution in [0.15, 0.2) is 24.7 Å². The van der Waals surface area contributed by atoms with Gasteiger partial charge in [0, 0.05) is 42.7 Å². The number of aliphatic hydroxyl groups excluding tert-OH is 1. The molecule has 130 valence electrons. The first-order chi connectivity index (χ1) is 12.1. The van der Waals surface area contributed by atoms with Crippen LogP contribution in [0.3, 0.4) is 0 Å². The summed E-state index contributed by atoms with van der Waals surface area (Å²) in [6.07, 6.45) is 6.42. The molecule has 0 bridgehead atoms. The minimum atomic E-state index is 0.0117. The molecule has 0 fully saturated rings. The summed E-state index contributed by atoms with van der Waals surface area (Å²) in [7, 11) is 1.47. The fourth-order valence-electron chi connectivity index (χ4n) is 1.97. The molecule has 25 heavy (non-hydrogen) atoms. The Morgan fingerprint density at radius 3 is 2.64 bits per heavy atom. The van der Waals surface area contributed by atoms with E-state index in [0.29, 0.717) is 51.4 Å². The smallest absolute Gasteiger partial charge is 0.256 e. The molecule has 0 radical (unpaired) electrons. The Kier molecular flexibility index (Phi) is 7.02. The van der Waals surface area contributed by atoms with Crippen LogP contribution in [0.5, 0.6) is 11.6 Å². The predicted molar refractivity (Wildman–Crippen MR) is 95.7 cm³/mol. The number of hydrogen-bond donors (Lipinski definition) is 1. The predicted octanol–water partition coefficient (Wildman–Crippen LogP) is 3.62. The van der Waals surface area contributed by atoms with E-state index in [1.807, 2.05) is 0 Å². The van der Waals surface area contributed by atoms with Crippen LogP contribution in [0.2, 0.25) is 10.0 Å². The van der Waals surface area contributed by atoms with Gasteiger partial charge in [0.15, 0.2) is 5.75 Å². The third-order valence-electron chi connectivity index (χ3n) is 3.18. The maximum absolute atomic E-state index is 9.50. The van der Waals surface area contributed by atoms with Crippen LogP contribution in [0.1, 0.15) is 17.5 Å². The lowest BCUT2D eigenvalue weighted by atomic mass is 10.1. The Morgan fingerprint density at radius 2 is 2.04 bits per heavy atom. The van der Waals surface area contributed by atoms with Gasteiger partial charge in [-0.2, -0.15) is 5.26 Å². The second kappa shape index (κ2) is 9.23. The molecule has 2 rings (SSSR count). The van der Waals surface area contributed by atoms with E-state index in [1.54, 1.807) is 12.1 Å². The van der Waals surface area contributed by atoms with E-state index in [-0.39, 0.29) is 6.61 Å². The van der Waals surface area contributed by atoms with E-state index < -0.39 is 0 Å². The molecule has 0 saturated carbocycles. The second-order valence-electron chi connectivity index (χ2n) is 4.84. The van der Waals surface area contributed by atoms with Crippen molar-refractivity contribution in [1.82, 2.24) is 9.97 Å². The Hall–Kier alpha value is -2.33. The molecule has 0 aliphatic heterocycles. The van der Waals surface area contributed by atoms with Crippen molar-refractivity contribution in [2.45, 2.75) is 6.42 Å². The third-order valence-corrected chi connectivity index (χ3v) is 3.78. The van der Waals surface area contributed by atoms with E-state index in [9.17, 15) is 5.26 Å². The highest BCUT2D eigenvalue weighted by atomic mass is 35.5. The maximum Gasteiger partial charge on any atom is 0.256 e. The molecule has 0 aliphatic rings. The molecular weight excluding hydrogens is 365 g/mol. The number of methoxy groups -OCH3 is 1. The summed E-state index contributed by atoms with van der Waals surface area (Å²) < 4.78 is 10.7. The number of nitriles is 1. The molecule has 0 unspecified atom stereocenters. The lowest BCUT2D eigenvalue weighted by Gasteiger charge is -2.11. The summed E-state index contributed by atoms with van der Waals surface area (Å²) in [6, 6.07) is 3.74. The zero-order valence-electron chi connectivity index (χ0n) is 13.4. The summed E-state index contributed by atoms with van der Waals surface area (Å²) in [4.78, 5) is 8.03. The van der Waals surface area contributed by atoms with Crippen LogP contribution in [0, 0.1) is 11.3 Å². The summed E-state index contributed by atoms with van der Waals surface area (Å²) in [6.45, 7) is 0.309. The van der Waals surface area contributed by atoms with Crippen molar-refractivity contribution in [3.63, 3.8) is 0 Å². The fourth-order valence-corrected chi connectivity index (χ4v) is 2.44. The zero-order chi connectivity index (χ0) is 18.2. The van der Waals surface area contributed by atoms with E-state index in [2.05, 4.69) is 16.0 Å². The number of nitrogens with zero attached hydrogens (tertiary/aromatic N) is 3. The van der Waals surface area contributed by atoms with E-state index in [4.69, 9.17) is 37.8 Å². The molecule has 2 aromatic rings. The highest BCUT2D eigenvalue weighted by Gasteiger charge is 2.12. The van der Waals surface area contributed by atoms with Gasteiger partial charge in [-0.05, 0) is 12.1 Å². The average molecular weight is 380 g/mol. The summed E-state index contributed by atoms with van der Waals surface area (Å²) >= 11 is 12.2. The van der Waals surface area contributed by atoms with E-state index in [0.717, 1.165) is 0 Å². The third kappa shape index (κ3) is 4.83. The van der Waals surface area contributed by atoms with Crippen molar-refractivity contribution in [3.8, 4) is 17.7 Å². The van der Waals surface area contributed by atoms with Crippen molar-refractivity contribution in [1.29, 1.82) is 5.26 Å². The van der Waals surface area contributed by atoms with Crippen molar-refractivity contribution >= 4 is 34.9 Å². The van der Waals surface area contributed by atoms with Crippen molar-refractivity contribution < 1.29 is 14.6 Å². The number of halogens is 2. The molecule has 0 atom stereocenters. The quantitative estimate of drug-likeness (QED) is 0.583. The van der Waals surface area contributed by atoms with Crippen LogP contribution in [0.4, 0.5) is 0 Å². The molecule has 2 heterocycles. The molecule has 6 nitrogen and oxygen atoms in total. The molecular formula is C17H15Cl2N3O3. The van der Waals surface area contributed by atoms with Gasteiger partial charge in [-0.15, -0.1) is 0 Å². The first-order valence-corrected chi connectivity index (χ1v) is 8.05. The number of aromatic nitrogens is 2. The topological polar surface area (TPSA) is 88.3 Å². The zero-order valence-corrected chi connectivity index (χ0v) is 14.9. The summed E-state index contributed by atoms with van der Waals surface area (Å²) in [5, 5.41) is 19.0. The number of allylic oxidation sites excluding steroid dienone is 1. The van der Waals surface area contributed by atoms with Crippen LogP contribution in [-0.4, -0.2) is 35.4 Å². The van der Waals surface area contributed by atoms with Gasteiger partial charge < -0.3 is 14.6 Å². The van der Waals surface area contributed by atoms with Gasteiger partial charge in [-0.25, -0.2) is 4.98 Å². The van der Waals surface area contributed by atoms with Crippen LogP contribution >= 0.6 is 23.2 Å². The molecule has 0 amide bonds. The Bertz CT molecular complexity index is 799. The van der Waals surface area contributed by atoms with Gasteiger partial charge in [-0.1, -0.05) is 23.2 Å². The van der Waals surface area contributed by atoms with Crippen LogP contribution < -0.4 is 9.47 Å². The number of aliphatic hydroxyl groups is 1. The van der Waals surface area contributed by atoms with Gasteiger partial charge in [0.25, 0.3) is 5.88 Å². The largest absolute Gasteiger partial charge is 0.488 e. The van der Waals surface area contributed by atoms with E-state index >= 15 is 0 Å². The summed E-state index contributed by atoms with van der Waals surface area (Å²) in [5.74, 6) is 0.667. The minimum absolute atomic E-state index is 0.0117. The van der Waals surface area contributed by atoms with Gasteiger partial charge in [0.2, 0.25) is 0 Å². The number of rotatable bonds is 7. The van der Waals surface area contributed by atoms with Gasteiger partial charge in [-0.3, -0.25) is 4.98 Å². The SMILES string of the molecule is COc1ncc(/C(C#N)=C/c2c(Cl)cncc2Cl)cc1OCCCO. The molecule has 0 saturated heterocycles. The maximum atomic E-state index is 9.50. The Labute approximate surface area is 155 Å². The lowest BCUT2D eigenvalue weighted by Crippen LogP contribution is -2.03. The van der Waals surface area contributed by atoms with Crippen LogP contribution in [-0.2, 0) is 0 Å². The average Bonchev–Trinajstić information content (AvgIpc) is 2.62. The molecule has 0 spiro atoms. The standard InChI is InChI=1S/C17H15Cl2N3O3/c1-24-17-16(25-4-2-3-23)6-12(8-22-17)11(7-20)5-13-14(18)9-21-10-15(13)19/h5-6,8-10,23H,2-4H2,1H3/b11-5+. The van der Waals surface area contributed by atoms with Gasteiger partial charge in [0.1, 0.15) is 0 Å². The molecule has 1 N–H and O–H groups in total. The fraction of sp³-hybridized carbons (Fsp3) is 0.235. The second-order valence-corrected chi connectivity index (χ2v) is 5.66. The Balaban J connectivity index is 2.42. The Morgan fingerprint density at radius 1 is 1.32 bits per heavy atom. The molecule has 2 aromatic heterocycles. The molecule has 8 heteroatoms. The first kappa shape index (κ1) is 19.0. The normalized spacial score (nSPS) is 11.1. The first-order valence-electron chi connectivity index (χ1n) is 7.29. The molecule has 0 aliphatic carbocycles. The van der Waals surface area contributed by atoms with Crippen LogP contribution in [0.25, 0.3) is 11.6 Å². The highest BCUT2D eigenvalue weighted by molar-refractivity contribution is 6.37. The van der Waals surface area contributed by atoms with Crippen molar-refractivity contribution in [3.05, 3.63) is 45.8 Å². The highest BCUT2D eigenvalue weighted by Crippen LogP contribution is 2.31. The minimum Gasteiger partial charge on any atom is -0.488 e. The van der Waals surface area contributed by atoms with Crippen molar-refractivity contribution in [2.75, 3.05) is 20.3 Å². The van der Waals surface area contributed by atoms with E-state index in [1.165, 1.54) is 25.7 Å². The lowest BCUT2D eigenvalue weighted by molar-refractivity contribution is 0.226. The number of pyridine rings is 2. The van der Waals surface area contributed by atoms with Crippen molar-refractivity contribution in [2.24, 2.45) is 0 Å².